The van der Waals surface area contributed by atoms with E-state index < -0.39 is 17.8 Å². The highest BCUT2D eigenvalue weighted by atomic mass is 32.2. The third-order valence-corrected chi connectivity index (χ3v) is 5.98. The summed E-state index contributed by atoms with van der Waals surface area (Å²) in [7, 11) is 0. The first kappa shape index (κ1) is 23.5. The lowest BCUT2D eigenvalue weighted by Gasteiger charge is -2.19. The fourth-order valence-electron chi connectivity index (χ4n) is 3.39. The molecule has 1 heterocycles. The second-order valence-electron chi connectivity index (χ2n) is 7.41. The van der Waals surface area contributed by atoms with E-state index in [1.165, 1.54) is 53.4 Å². The summed E-state index contributed by atoms with van der Waals surface area (Å²) < 4.78 is 41.0. The van der Waals surface area contributed by atoms with Crippen LogP contribution in [-0.4, -0.2) is 38.0 Å². The number of aliphatic hydroxyl groups excluding tert-OH is 1. The quantitative estimate of drug-likeness (QED) is 0.343. The van der Waals surface area contributed by atoms with Gasteiger partial charge in [-0.15, -0.1) is 13.2 Å². The predicted molar refractivity (Wildman–Crippen MR) is 120 cm³/mol. The molecule has 0 spiro atoms. The summed E-state index contributed by atoms with van der Waals surface area (Å²) in [4.78, 5) is 14.4. The lowest BCUT2D eigenvalue weighted by Crippen LogP contribution is -2.31. The van der Waals surface area contributed by atoms with Crippen molar-refractivity contribution in [3.63, 3.8) is 0 Å². The van der Waals surface area contributed by atoms with Crippen LogP contribution in [0.5, 0.6) is 17.2 Å². The number of halogens is 3. The third-order valence-electron chi connectivity index (χ3n) is 4.97. The summed E-state index contributed by atoms with van der Waals surface area (Å²) in [6.45, 7) is 0.105. The van der Waals surface area contributed by atoms with Crippen LogP contribution < -0.4 is 4.74 Å². The lowest BCUT2D eigenvalue weighted by atomic mass is 10.0. The summed E-state index contributed by atoms with van der Waals surface area (Å²) in [5, 5.41) is 29.5. The zero-order chi connectivity index (χ0) is 24.5. The fraction of sp³-hybridized carbons (Fsp3) is 0.125. The Balaban J connectivity index is 1.50. The molecule has 176 valence electrons. The molecule has 34 heavy (non-hydrogen) atoms. The Labute approximate surface area is 196 Å². The SMILES string of the molecule is O=C1/C(=C/c2ccc(O)c(O)c2)SC(O)N1Cc1cccc(-c2ccc(OC(F)(F)F)cc2)c1. The number of ether oxygens (including phenoxy) is 1. The van der Waals surface area contributed by atoms with E-state index in [1.54, 1.807) is 24.3 Å². The van der Waals surface area contributed by atoms with E-state index in [0.717, 1.165) is 17.3 Å². The number of rotatable bonds is 5. The van der Waals surface area contributed by atoms with Gasteiger partial charge in [0.15, 0.2) is 17.1 Å². The molecule has 3 aromatic rings. The standard InChI is InChI=1S/C24H18F3NO5S/c25-24(26,27)33-18-7-5-16(6-8-18)17-3-1-2-15(10-17)13-28-22(31)21(34-23(28)32)12-14-4-9-19(29)20(30)11-14/h1-12,23,29-30,32H,13H2/b21-12-. The molecule has 1 amide bonds. The van der Waals surface area contributed by atoms with Gasteiger partial charge in [0.2, 0.25) is 0 Å². The first-order valence-electron chi connectivity index (χ1n) is 9.93. The van der Waals surface area contributed by atoms with Crippen LogP contribution in [0.3, 0.4) is 0 Å². The van der Waals surface area contributed by atoms with Crippen LogP contribution in [0.25, 0.3) is 17.2 Å². The van der Waals surface area contributed by atoms with Crippen LogP contribution in [0.15, 0.2) is 71.6 Å². The Morgan fingerprint density at radius 2 is 1.71 bits per heavy atom. The van der Waals surface area contributed by atoms with Gasteiger partial charge in [0, 0.05) is 6.54 Å². The third kappa shape index (κ3) is 5.46. The first-order chi connectivity index (χ1) is 16.1. The average molecular weight is 489 g/mol. The minimum Gasteiger partial charge on any atom is -0.504 e. The molecule has 1 aliphatic heterocycles. The largest absolute Gasteiger partial charge is 0.573 e. The van der Waals surface area contributed by atoms with Crippen molar-refractivity contribution in [1.82, 2.24) is 4.90 Å². The molecule has 1 atom stereocenters. The van der Waals surface area contributed by atoms with Gasteiger partial charge in [-0.2, -0.15) is 0 Å². The number of aliphatic hydroxyl groups is 1. The van der Waals surface area contributed by atoms with E-state index in [9.17, 15) is 33.3 Å². The highest BCUT2D eigenvalue weighted by Gasteiger charge is 2.35. The Hall–Kier alpha value is -3.63. The summed E-state index contributed by atoms with van der Waals surface area (Å²) >= 11 is 0.956. The molecule has 0 bridgehead atoms. The molecule has 6 nitrogen and oxygen atoms in total. The van der Waals surface area contributed by atoms with E-state index in [4.69, 9.17) is 0 Å². The highest BCUT2D eigenvalue weighted by Crippen LogP contribution is 2.37. The van der Waals surface area contributed by atoms with Crippen LogP contribution in [0.2, 0.25) is 0 Å². The van der Waals surface area contributed by atoms with Crippen LogP contribution in [0.4, 0.5) is 13.2 Å². The Kier molecular flexibility index (Phi) is 6.45. The maximum absolute atomic E-state index is 12.8. The van der Waals surface area contributed by atoms with Crippen LogP contribution in [0.1, 0.15) is 11.1 Å². The van der Waals surface area contributed by atoms with Gasteiger partial charge in [-0.3, -0.25) is 9.69 Å². The number of hydrogen-bond donors (Lipinski definition) is 3. The van der Waals surface area contributed by atoms with Crippen molar-refractivity contribution in [2.45, 2.75) is 18.5 Å². The smallest absolute Gasteiger partial charge is 0.504 e. The van der Waals surface area contributed by atoms with Crippen molar-refractivity contribution in [3.05, 3.63) is 82.8 Å². The molecule has 0 aromatic heterocycles. The number of benzene rings is 3. The van der Waals surface area contributed by atoms with Gasteiger partial charge < -0.3 is 20.1 Å². The Bertz CT molecular complexity index is 1240. The number of alkyl halides is 3. The molecular weight excluding hydrogens is 471 g/mol. The molecule has 4 rings (SSSR count). The summed E-state index contributed by atoms with van der Waals surface area (Å²) in [6, 6.07) is 16.7. The van der Waals surface area contributed by atoms with Crippen molar-refractivity contribution >= 4 is 23.7 Å². The van der Waals surface area contributed by atoms with Crippen LogP contribution in [0, 0.1) is 0 Å². The molecule has 0 radical (unpaired) electrons. The number of thioether (sulfide) groups is 1. The van der Waals surface area contributed by atoms with Gasteiger partial charge in [0.05, 0.1) is 4.91 Å². The monoisotopic (exact) mass is 489 g/mol. The van der Waals surface area contributed by atoms with Crippen molar-refractivity contribution in [2.75, 3.05) is 0 Å². The van der Waals surface area contributed by atoms with Gasteiger partial charge >= 0.3 is 6.36 Å². The maximum Gasteiger partial charge on any atom is 0.573 e. The molecule has 1 unspecified atom stereocenters. The number of nitrogens with zero attached hydrogens (tertiary/aromatic N) is 1. The number of carbonyl (C=O) groups excluding carboxylic acids is 1. The van der Waals surface area contributed by atoms with Gasteiger partial charge in [0.25, 0.3) is 5.91 Å². The lowest BCUT2D eigenvalue weighted by molar-refractivity contribution is -0.274. The van der Waals surface area contributed by atoms with Crippen molar-refractivity contribution in [2.24, 2.45) is 0 Å². The highest BCUT2D eigenvalue weighted by molar-refractivity contribution is 8.05. The maximum atomic E-state index is 12.8. The fourth-order valence-corrected chi connectivity index (χ4v) is 4.34. The second-order valence-corrected chi connectivity index (χ2v) is 8.50. The molecule has 3 aromatic carbocycles. The Morgan fingerprint density at radius 3 is 2.38 bits per heavy atom. The van der Waals surface area contributed by atoms with Gasteiger partial charge in [0.1, 0.15) is 5.75 Å². The van der Waals surface area contributed by atoms with E-state index in [2.05, 4.69) is 4.74 Å². The topological polar surface area (TPSA) is 90.2 Å². The Morgan fingerprint density at radius 1 is 0.971 bits per heavy atom. The minimum atomic E-state index is -4.77. The molecule has 1 fully saturated rings. The predicted octanol–water partition coefficient (Wildman–Crippen LogP) is 5.06. The minimum absolute atomic E-state index is 0.105. The number of phenols is 2. The van der Waals surface area contributed by atoms with Crippen molar-refractivity contribution < 1.29 is 38.0 Å². The summed E-state index contributed by atoms with van der Waals surface area (Å²) in [5.41, 5.74) is 1.46. The molecular formula is C24H18F3NO5S. The zero-order valence-electron chi connectivity index (χ0n) is 17.4. The number of carbonyl (C=O) groups is 1. The van der Waals surface area contributed by atoms with E-state index in [0.29, 0.717) is 16.7 Å². The normalized spacial score (nSPS) is 17.4. The summed E-state index contributed by atoms with van der Waals surface area (Å²) in [6.07, 6.45) is -3.26. The number of phenolic OH excluding ortho intramolecular Hbond substituents is 2. The molecule has 1 saturated heterocycles. The zero-order valence-corrected chi connectivity index (χ0v) is 18.2. The van der Waals surface area contributed by atoms with Crippen LogP contribution >= 0.6 is 11.8 Å². The molecule has 0 saturated carbocycles. The van der Waals surface area contributed by atoms with Crippen molar-refractivity contribution in [3.8, 4) is 28.4 Å². The molecule has 1 aliphatic rings. The number of amides is 1. The molecule has 10 heteroatoms. The molecule has 3 N–H and O–H groups in total. The van der Waals surface area contributed by atoms with Crippen molar-refractivity contribution in [1.29, 1.82) is 0 Å². The first-order valence-corrected chi connectivity index (χ1v) is 10.8. The van der Waals surface area contributed by atoms with Gasteiger partial charge in [-0.1, -0.05) is 48.2 Å². The second kappa shape index (κ2) is 9.32. The number of hydrogen-bond acceptors (Lipinski definition) is 6. The average Bonchev–Trinajstić information content (AvgIpc) is 3.03. The van der Waals surface area contributed by atoms with Gasteiger partial charge in [-0.05, 0) is 58.7 Å². The number of aromatic hydroxyl groups is 2. The van der Waals surface area contributed by atoms with Crippen LogP contribution in [-0.2, 0) is 11.3 Å². The van der Waals surface area contributed by atoms with E-state index in [1.807, 2.05) is 0 Å². The van der Waals surface area contributed by atoms with E-state index in [-0.39, 0.29) is 28.7 Å². The van der Waals surface area contributed by atoms with Gasteiger partial charge in [-0.25, -0.2) is 0 Å². The van der Waals surface area contributed by atoms with E-state index >= 15 is 0 Å². The summed E-state index contributed by atoms with van der Waals surface area (Å²) in [5.74, 6) is -1.32. The molecule has 0 aliphatic carbocycles.